The van der Waals surface area contributed by atoms with Gasteiger partial charge >= 0.3 is 0 Å². The van der Waals surface area contributed by atoms with Crippen molar-refractivity contribution < 1.29 is 0 Å². The van der Waals surface area contributed by atoms with Gasteiger partial charge in [-0.3, -0.25) is 0 Å². The second kappa shape index (κ2) is 4.80. The van der Waals surface area contributed by atoms with Gasteiger partial charge in [0.25, 0.3) is 0 Å². The molecule has 1 aliphatic rings. The second-order valence-corrected chi connectivity index (χ2v) is 4.96. The summed E-state index contributed by atoms with van der Waals surface area (Å²) in [6.07, 6.45) is 5.31. The summed E-state index contributed by atoms with van der Waals surface area (Å²) < 4.78 is 0. The van der Waals surface area contributed by atoms with Crippen molar-refractivity contribution in [3.05, 3.63) is 35.9 Å². The maximum atomic E-state index is 6.32. The average molecular weight is 203 g/mol. The van der Waals surface area contributed by atoms with E-state index in [0.717, 1.165) is 5.92 Å². The van der Waals surface area contributed by atoms with Crippen molar-refractivity contribution in [2.45, 2.75) is 38.6 Å². The molecule has 82 valence electrons. The molecule has 2 rings (SSSR count). The molecule has 0 bridgehead atoms. The van der Waals surface area contributed by atoms with Gasteiger partial charge in [-0.1, -0.05) is 50.1 Å². The predicted octanol–water partition coefficient (Wildman–Crippen LogP) is 3.51. The van der Waals surface area contributed by atoms with E-state index in [1.165, 1.54) is 31.2 Å². The van der Waals surface area contributed by atoms with Gasteiger partial charge in [0.15, 0.2) is 0 Å². The molecule has 0 saturated heterocycles. The van der Waals surface area contributed by atoms with E-state index in [4.69, 9.17) is 5.73 Å². The maximum Gasteiger partial charge on any atom is 0.0323 e. The number of hydrogen-bond donors (Lipinski definition) is 1. The lowest BCUT2D eigenvalue weighted by Gasteiger charge is -2.30. The smallest absolute Gasteiger partial charge is 0.0323 e. The van der Waals surface area contributed by atoms with Crippen LogP contribution in [0.25, 0.3) is 0 Å². The molecule has 0 radical (unpaired) electrons. The van der Waals surface area contributed by atoms with E-state index in [1.54, 1.807) is 0 Å². The third-order valence-electron chi connectivity index (χ3n) is 3.75. The zero-order valence-electron chi connectivity index (χ0n) is 9.52. The minimum atomic E-state index is 0.249. The van der Waals surface area contributed by atoms with Gasteiger partial charge in [-0.25, -0.2) is 0 Å². The summed E-state index contributed by atoms with van der Waals surface area (Å²) in [4.78, 5) is 0. The molecular weight excluding hydrogens is 182 g/mol. The van der Waals surface area contributed by atoms with Crippen molar-refractivity contribution >= 4 is 0 Å². The molecule has 1 fully saturated rings. The minimum Gasteiger partial charge on any atom is -0.324 e. The van der Waals surface area contributed by atoms with Crippen LogP contribution in [0.5, 0.6) is 0 Å². The quantitative estimate of drug-likeness (QED) is 0.782. The first-order valence-electron chi connectivity index (χ1n) is 6.08. The zero-order valence-corrected chi connectivity index (χ0v) is 9.52. The summed E-state index contributed by atoms with van der Waals surface area (Å²) in [5.41, 5.74) is 7.62. The van der Waals surface area contributed by atoms with Crippen LogP contribution in [0.2, 0.25) is 0 Å². The molecule has 1 unspecified atom stereocenters. The van der Waals surface area contributed by atoms with E-state index in [2.05, 4.69) is 37.3 Å². The van der Waals surface area contributed by atoms with Crippen LogP contribution in [-0.2, 0) is 0 Å². The maximum absolute atomic E-state index is 6.32. The largest absolute Gasteiger partial charge is 0.324 e. The molecule has 1 aliphatic carbocycles. The Labute approximate surface area is 92.7 Å². The van der Waals surface area contributed by atoms with E-state index in [1.807, 2.05) is 0 Å². The van der Waals surface area contributed by atoms with Crippen molar-refractivity contribution in [1.82, 2.24) is 0 Å². The highest BCUT2D eigenvalue weighted by Crippen LogP contribution is 2.35. The molecule has 1 nitrogen and oxygen atoms in total. The fraction of sp³-hybridized carbons (Fsp3) is 0.571. The number of nitrogens with two attached hydrogens (primary N) is 1. The summed E-state index contributed by atoms with van der Waals surface area (Å²) in [6.45, 7) is 2.35. The van der Waals surface area contributed by atoms with Gasteiger partial charge in [0.2, 0.25) is 0 Å². The Morgan fingerprint density at radius 3 is 2.27 bits per heavy atom. The highest BCUT2D eigenvalue weighted by molar-refractivity contribution is 5.19. The van der Waals surface area contributed by atoms with Gasteiger partial charge in [0.05, 0.1) is 0 Å². The number of hydrogen-bond acceptors (Lipinski definition) is 1. The number of benzene rings is 1. The van der Waals surface area contributed by atoms with Crippen LogP contribution in [0.15, 0.2) is 30.3 Å². The first kappa shape index (κ1) is 10.7. The van der Waals surface area contributed by atoms with Crippen LogP contribution >= 0.6 is 0 Å². The van der Waals surface area contributed by atoms with E-state index >= 15 is 0 Å². The zero-order chi connectivity index (χ0) is 10.7. The topological polar surface area (TPSA) is 26.0 Å². The normalized spacial score (nSPS) is 28.7. The molecular formula is C14H21N. The van der Waals surface area contributed by atoms with Gasteiger partial charge in [-0.05, 0) is 30.2 Å². The number of rotatable bonds is 2. The standard InChI is InChI=1S/C14H21N/c1-11-7-9-13(10-8-11)14(15)12-5-3-2-4-6-12/h2-6,11,13-14H,7-10,15H2,1H3. The Hall–Kier alpha value is -0.820. The van der Waals surface area contributed by atoms with Gasteiger partial charge in [-0.15, -0.1) is 0 Å². The van der Waals surface area contributed by atoms with Crippen molar-refractivity contribution in [3.8, 4) is 0 Å². The molecule has 1 atom stereocenters. The molecule has 1 aromatic rings. The lowest BCUT2D eigenvalue weighted by atomic mass is 9.78. The minimum absolute atomic E-state index is 0.249. The summed E-state index contributed by atoms with van der Waals surface area (Å²) in [5.74, 6) is 1.60. The first-order valence-corrected chi connectivity index (χ1v) is 6.08. The Morgan fingerprint density at radius 1 is 1.07 bits per heavy atom. The summed E-state index contributed by atoms with van der Waals surface area (Å²) in [6, 6.07) is 10.8. The van der Waals surface area contributed by atoms with Crippen LogP contribution in [0, 0.1) is 11.8 Å². The van der Waals surface area contributed by atoms with E-state index < -0.39 is 0 Å². The summed E-state index contributed by atoms with van der Waals surface area (Å²) in [7, 11) is 0. The molecule has 0 heterocycles. The molecule has 1 heteroatoms. The average Bonchev–Trinajstić information content (AvgIpc) is 2.30. The SMILES string of the molecule is CC1CCC(C(N)c2ccccc2)CC1. The summed E-state index contributed by atoms with van der Waals surface area (Å²) in [5, 5.41) is 0. The monoisotopic (exact) mass is 203 g/mol. The van der Waals surface area contributed by atoms with Gasteiger partial charge < -0.3 is 5.73 Å². The highest BCUT2D eigenvalue weighted by atomic mass is 14.7. The van der Waals surface area contributed by atoms with Gasteiger partial charge in [0.1, 0.15) is 0 Å². The van der Waals surface area contributed by atoms with Crippen LogP contribution < -0.4 is 5.73 Å². The van der Waals surface area contributed by atoms with Crippen LogP contribution in [0.1, 0.15) is 44.2 Å². The van der Waals surface area contributed by atoms with Crippen molar-refractivity contribution in [1.29, 1.82) is 0 Å². The lowest BCUT2D eigenvalue weighted by molar-refractivity contribution is 0.256. The van der Waals surface area contributed by atoms with Crippen molar-refractivity contribution in [2.24, 2.45) is 17.6 Å². The molecule has 2 N–H and O–H groups in total. The Morgan fingerprint density at radius 2 is 1.67 bits per heavy atom. The van der Waals surface area contributed by atoms with Crippen molar-refractivity contribution in [2.75, 3.05) is 0 Å². The first-order chi connectivity index (χ1) is 7.27. The fourth-order valence-corrected chi connectivity index (χ4v) is 2.59. The molecule has 0 aliphatic heterocycles. The molecule has 0 aromatic heterocycles. The second-order valence-electron chi connectivity index (χ2n) is 4.96. The van der Waals surface area contributed by atoms with E-state index in [-0.39, 0.29) is 6.04 Å². The van der Waals surface area contributed by atoms with Gasteiger partial charge in [0, 0.05) is 6.04 Å². The van der Waals surface area contributed by atoms with E-state index in [0.29, 0.717) is 5.92 Å². The summed E-state index contributed by atoms with van der Waals surface area (Å²) >= 11 is 0. The molecule has 0 spiro atoms. The molecule has 15 heavy (non-hydrogen) atoms. The molecule has 0 amide bonds. The third kappa shape index (κ3) is 2.60. The molecule has 1 aromatic carbocycles. The fourth-order valence-electron chi connectivity index (χ4n) is 2.59. The Kier molecular flexibility index (Phi) is 3.42. The van der Waals surface area contributed by atoms with Crippen LogP contribution in [-0.4, -0.2) is 0 Å². The van der Waals surface area contributed by atoms with Gasteiger partial charge in [-0.2, -0.15) is 0 Å². The Bertz CT molecular complexity index is 285. The highest BCUT2D eigenvalue weighted by Gasteiger charge is 2.24. The lowest BCUT2D eigenvalue weighted by Crippen LogP contribution is -2.25. The van der Waals surface area contributed by atoms with Crippen LogP contribution in [0.4, 0.5) is 0 Å². The predicted molar refractivity (Wildman–Crippen MR) is 64.5 cm³/mol. The Balaban J connectivity index is 1.99. The van der Waals surface area contributed by atoms with Crippen molar-refractivity contribution in [3.63, 3.8) is 0 Å². The third-order valence-corrected chi connectivity index (χ3v) is 3.75. The molecule has 1 saturated carbocycles. The van der Waals surface area contributed by atoms with E-state index in [9.17, 15) is 0 Å². The van der Waals surface area contributed by atoms with Crippen LogP contribution in [0.3, 0.4) is 0 Å².